The Labute approximate surface area is 141 Å². The molecule has 0 aliphatic carbocycles. The summed E-state index contributed by atoms with van der Waals surface area (Å²) >= 11 is 0. The number of benzene rings is 2. The molecule has 1 N–H and O–H groups in total. The highest BCUT2D eigenvalue weighted by atomic mass is 16.3. The third-order valence-electron chi connectivity index (χ3n) is 4.49. The maximum atomic E-state index is 12.6. The first-order valence-corrected chi connectivity index (χ1v) is 7.75. The molecule has 0 unspecified atom stereocenters. The molecule has 5 heteroatoms. The summed E-state index contributed by atoms with van der Waals surface area (Å²) in [5, 5.41) is 10.9. The van der Waals surface area contributed by atoms with Crippen molar-refractivity contribution in [3.8, 4) is 0 Å². The van der Waals surface area contributed by atoms with Crippen molar-refractivity contribution in [1.82, 2.24) is 0 Å². The van der Waals surface area contributed by atoms with Gasteiger partial charge in [-0.05, 0) is 30.3 Å². The van der Waals surface area contributed by atoms with Crippen LogP contribution in [0.15, 0.2) is 48.5 Å². The molecule has 124 valence electrons. The molecule has 1 heterocycles. The van der Waals surface area contributed by atoms with E-state index in [9.17, 15) is 14.7 Å². The van der Waals surface area contributed by atoms with E-state index < -0.39 is 11.5 Å². The Morgan fingerprint density at radius 2 is 1.75 bits per heavy atom. The van der Waals surface area contributed by atoms with Crippen LogP contribution < -0.4 is 9.80 Å². The number of hydrogen-bond acceptors (Lipinski definition) is 4. The predicted octanol–water partition coefficient (Wildman–Crippen LogP) is 2.19. The Hall–Kier alpha value is -2.66. The van der Waals surface area contributed by atoms with Gasteiger partial charge in [0.15, 0.2) is 11.4 Å². The van der Waals surface area contributed by atoms with E-state index in [0.717, 1.165) is 5.69 Å². The lowest BCUT2D eigenvalue weighted by Crippen LogP contribution is -2.40. The Kier molecular flexibility index (Phi) is 3.89. The highest BCUT2D eigenvalue weighted by Gasteiger charge is 2.49. The van der Waals surface area contributed by atoms with Crippen molar-refractivity contribution >= 4 is 23.1 Å². The molecular formula is C19H20N2O3. The molecule has 1 aliphatic rings. The molecule has 0 bridgehead atoms. The second-order valence-corrected chi connectivity index (χ2v) is 6.28. The van der Waals surface area contributed by atoms with Crippen LogP contribution >= 0.6 is 0 Å². The van der Waals surface area contributed by atoms with Crippen LogP contribution in [-0.2, 0) is 10.4 Å². The maximum absolute atomic E-state index is 12.6. The first-order valence-electron chi connectivity index (χ1n) is 7.75. The molecular weight excluding hydrogens is 304 g/mol. The van der Waals surface area contributed by atoms with E-state index in [2.05, 4.69) is 0 Å². The van der Waals surface area contributed by atoms with Gasteiger partial charge in [-0.3, -0.25) is 9.59 Å². The number of nitrogens with zero attached hydrogens (tertiary/aromatic N) is 2. The lowest BCUT2D eigenvalue weighted by Gasteiger charge is -2.21. The summed E-state index contributed by atoms with van der Waals surface area (Å²) in [6.45, 7) is 0. The Bertz CT molecular complexity index is 799. The number of para-hydroxylation sites is 1. The van der Waals surface area contributed by atoms with Gasteiger partial charge in [-0.25, -0.2) is 0 Å². The van der Waals surface area contributed by atoms with E-state index in [4.69, 9.17) is 0 Å². The topological polar surface area (TPSA) is 60.9 Å². The lowest BCUT2D eigenvalue weighted by molar-refractivity contribution is -0.135. The van der Waals surface area contributed by atoms with Gasteiger partial charge >= 0.3 is 0 Å². The van der Waals surface area contributed by atoms with Crippen molar-refractivity contribution in [1.29, 1.82) is 0 Å². The molecule has 0 saturated heterocycles. The van der Waals surface area contributed by atoms with Crippen LogP contribution in [0.25, 0.3) is 0 Å². The lowest BCUT2D eigenvalue weighted by atomic mass is 9.88. The van der Waals surface area contributed by atoms with Crippen molar-refractivity contribution in [2.75, 3.05) is 30.9 Å². The first kappa shape index (κ1) is 16.2. The maximum Gasteiger partial charge on any atom is 0.263 e. The van der Waals surface area contributed by atoms with E-state index in [1.54, 1.807) is 43.4 Å². The fourth-order valence-corrected chi connectivity index (χ4v) is 3.07. The predicted molar refractivity (Wildman–Crippen MR) is 93.5 cm³/mol. The monoisotopic (exact) mass is 324 g/mol. The van der Waals surface area contributed by atoms with Crippen LogP contribution in [0.3, 0.4) is 0 Å². The molecule has 1 aliphatic heterocycles. The number of aliphatic hydroxyl groups is 1. The Balaban J connectivity index is 1.90. The summed E-state index contributed by atoms with van der Waals surface area (Å²) in [4.78, 5) is 28.5. The number of carbonyl (C=O) groups is 2. The summed E-state index contributed by atoms with van der Waals surface area (Å²) in [6, 6.07) is 14.1. The second-order valence-electron chi connectivity index (χ2n) is 6.28. The molecule has 0 radical (unpaired) electrons. The zero-order valence-corrected chi connectivity index (χ0v) is 14.0. The van der Waals surface area contributed by atoms with Gasteiger partial charge in [0, 0.05) is 38.0 Å². The summed E-state index contributed by atoms with van der Waals surface area (Å²) in [6.07, 6.45) is -0.269. The highest BCUT2D eigenvalue weighted by Crippen LogP contribution is 2.41. The zero-order chi connectivity index (χ0) is 17.5. The molecule has 1 atom stereocenters. The van der Waals surface area contributed by atoms with E-state index in [1.165, 1.54) is 4.90 Å². The van der Waals surface area contributed by atoms with Gasteiger partial charge in [-0.1, -0.05) is 18.2 Å². The van der Waals surface area contributed by atoms with E-state index >= 15 is 0 Å². The largest absolute Gasteiger partial charge is 0.378 e. The van der Waals surface area contributed by atoms with Crippen molar-refractivity contribution in [3.05, 3.63) is 59.7 Å². The van der Waals surface area contributed by atoms with Gasteiger partial charge in [0.1, 0.15) is 0 Å². The summed E-state index contributed by atoms with van der Waals surface area (Å²) in [7, 11) is 5.45. The van der Waals surface area contributed by atoms with Crippen LogP contribution in [0.5, 0.6) is 0 Å². The van der Waals surface area contributed by atoms with Gasteiger partial charge in [0.2, 0.25) is 0 Å². The number of amides is 1. The SMILES string of the molecule is CN(C)c1ccc(C(=O)C[C@]2(O)C(=O)N(C)c3ccccc32)cc1. The molecule has 3 rings (SSSR count). The van der Waals surface area contributed by atoms with Crippen molar-refractivity contribution in [3.63, 3.8) is 0 Å². The van der Waals surface area contributed by atoms with Gasteiger partial charge in [0.05, 0.1) is 12.1 Å². The fourth-order valence-electron chi connectivity index (χ4n) is 3.07. The van der Waals surface area contributed by atoms with Gasteiger partial charge in [-0.2, -0.15) is 0 Å². The molecule has 5 nitrogen and oxygen atoms in total. The Morgan fingerprint density at radius 1 is 1.12 bits per heavy atom. The molecule has 0 spiro atoms. The third kappa shape index (κ3) is 2.47. The quantitative estimate of drug-likeness (QED) is 0.876. The molecule has 2 aromatic carbocycles. The van der Waals surface area contributed by atoms with Crippen LogP contribution in [0, 0.1) is 0 Å². The molecule has 0 saturated carbocycles. The average molecular weight is 324 g/mol. The number of ketones is 1. The average Bonchev–Trinajstić information content (AvgIpc) is 2.77. The van der Waals surface area contributed by atoms with Crippen LogP contribution in [-0.4, -0.2) is 37.9 Å². The first-order chi connectivity index (χ1) is 11.3. The number of anilines is 2. The molecule has 1 amide bonds. The number of rotatable bonds is 4. The minimum absolute atomic E-state index is 0.263. The number of likely N-dealkylation sites (N-methyl/N-ethyl adjacent to an activating group) is 1. The standard InChI is InChI=1S/C19H20N2O3/c1-20(2)14-10-8-13(9-11-14)17(22)12-19(24)15-6-4-5-7-16(15)21(3)18(19)23/h4-11,24H,12H2,1-3H3/t19-/m1/s1. The van der Waals surface area contributed by atoms with E-state index in [1.807, 2.05) is 31.1 Å². The zero-order valence-electron chi connectivity index (χ0n) is 14.0. The minimum Gasteiger partial charge on any atom is -0.378 e. The Morgan fingerprint density at radius 3 is 2.38 bits per heavy atom. The number of hydrogen-bond donors (Lipinski definition) is 1. The smallest absolute Gasteiger partial charge is 0.263 e. The minimum atomic E-state index is -1.80. The number of carbonyl (C=O) groups excluding carboxylic acids is 2. The molecule has 2 aromatic rings. The fraction of sp³-hybridized carbons (Fsp3) is 0.263. The molecule has 0 fully saturated rings. The number of fused-ring (bicyclic) bond motifs is 1. The second kappa shape index (κ2) is 5.76. The van der Waals surface area contributed by atoms with Crippen molar-refractivity contribution in [2.24, 2.45) is 0 Å². The molecule has 24 heavy (non-hydrogen) atoms. The van der Waals surface area contributed by atoms with Crippen LogP contribution in [0.2, 0.25) is 0 Å². The van der Waals surface area contributed by atoms with Crippen molar-refractivity contribution < 1.29 is 14.7 Å². The highest BCUT2D eigenvalue weighted by molar-refractivity contribution is 6.10. The van der Waals surface area contributed by atoms with Gasteiger partial charge in [0.25, 0.3) is 5.91 Å². The third-order valence-corrected chi connectivity index (χ3v) is 4.49. The summed E-state index contributed by atoms with van der Waals surface area (Å²) in [5.41, 5.74) is 0.778. The van der Waals surface area contributed by atoms with E-state index in [0.29, 0.717) is 16.8 Å². The van der Waals surface area contributed by atoms with Crippen LogP contribution in [0.4, 0.5) is 11.4 Å². The number of Topliss-reactive ketones (excluding diaryl/α,β-unsaturated/α-hetero) is 1. The van der Waals surface area contributed by atoms with Crippen LogP contribution in [0.1, 0.15) is 22.3 Å². The normalized spacial score (nSPS) is 19.3. The van der Waals surface area contributed by atoms with Gasteiger partial charge in [-0.15, -0.1) is 0 Å². The van der Waals surface area contributed by atoms with E-state index in [-0.39, 0.29) is 12.2 Å². The summed E-state index contributed by atoms with van der Waals surface area (Å²) < 4.78 is 0. The summed E-state index contributed by atoms with van der Waals surface area (Å²) in [5.74, 6) is -0.733. The molecule has 0 aromatic heterocycles. The van der Waals surface area contributed by atoms with Gasteiger partial charge < -0.3 is 14.9 Å². The van der Waals surface area contributed by atoms with Crippen molar-refractivity contribution in [2.45, 2.75) is 12.0 Å².